The number of methoxy groups -OCH3 is 1. The van der Waals surface area contributed by atoms with Gasteiger partial charge in [0.15, 0.2) is 5.78 Å². The highest BCUT2D eigenvalue weighted by atomic mass is 16.5. The van der Waals surface area contributed by atoms with Crippen molar-refractivity contribution in [2.75, 3.05) is 13.7 Å². The van der Waals surface area contributed by atoms with Gasteiger partial charge in [0.2, 0.25) is 0 Å². The Labute approximate surface area is 207 Å². The standard InChI is InChI=1S/C29H33NO5/c1-6-34-29(32)26-18(4)30-23-15-20(19-11-13-21(33-5)14-12-19)16-24(31)28(23)27(26)22-9-7-8-10-25(22)35-17(2)3/h7-14,17,20,26-27H,6,15-16H2,1-5H3. The van der Waals surface area contributed by atoms with Crippen LogP contribution < -0.4 is 9.47 Å². The van der Waals surface area contributed by atoms with Gasteiger partial charge < -0.3 is 14.2 Å². The largest absolute Gasteiger partial charge is 0.497 e. The van der Waals surface area contributed by atoms with Crippen molar-refractivity contribution in [3.8, 4) is 11.5 Å². The molecule has 1 heterocycles. The van der Waals surface area contributed by atoms with Crippen LogP contribution in [0.3, 0.4) is 0 Å². The number of nitrogens with zero attached hydrogens (tertiary/aromatic N) is 1. The molecule has 3 atom stereocenters. The fourth-order valence-corrected chi connectivity index (χ4v) is 5.14. The zero-order chi connectivity index (χ0) is 25.1. The highest BCUT2D eigenvalue weighted by molar-refractivity contribution is 6.09. The molecule has 0 N–H and O–H groups in total. The molecule has 1 aliphatic carbocycles. The van der Waals surface area contributed by atoms with E-state index in [1.165, 1.54) is 0 Å². The molecule has 0 fully saturated rings. The van der Waals surface area contributed by atoms with Crippen LogP contribution in [0.5, 0.6) is 11.5 Å². The van der Waals surface area contributed by atoms with Gasteiger partial charge in [0.05, 0.1) is 19.8 Å². The average Bonchev–Trinajstić information content (AvgIpc) is 2.83. The molecule has 0 amide bonds. The van der Waals surface area contributed by atoms with E-state index in [-0.39, 0.29) is 30.4 Å². The SMILES string of the molecule is CCOC(=O)C1C(C)=NC2=C(C(=O)CC(c3ccc(OC)cc3)C2)C1c1ccccc1OC(C)C. The van der Waals surface area contributed by atoms with Crippen molar-refractivity contribution in [1.29, 1.82) is 0 Å². The maximum Gasteiger partial charge on any atom is 0.315 e. The molecular weight excluding hydrogens is 442 g/mol. The zero-order valence-corrected chi connectivity index (χ0v) is 21.0. The van der Waals surface area contributed by atoms with Gasteiger partial charge in [-0.05, 0) is 63.8 Å². The van der Waals surface area contributed by atoms with Gasteiger partial charge in [-0.3, -0.25) is 14.6 Å². The van der Waals surface area contributed by atoms with Crippen molar-refractivity contribution in [2.24, 2.45) is 10.9 Å². The zero-order valence-electron chi connectivity index (χ0n) is 21.0. The van der Waals surface area contributed by atoms with Crippen molar-refractivity contribution in [2.45, 2.75) is 58.5 Å². The maximum atomic E-state index is 13.7. The molecule has 6 heteroatoms. The molecule has 2 aromatic rings. The molecule has 0 saturated carbocycles. The summed E-state index contributed by atoms with van der Waals surface area (Å²) in [7, 11) is 1.64. The molecular formula is C29H33NO5. The van der Waals surface area contributed by atoms with Crippen LogP contribution in [-0.4, -0.2) is 37.3 Å². The Balaban J connectivity index is 1.81. The number of carbonyl (C=O) groups is 2. The smallest absolute Gasteiger partial charge is 0.315 e. The number of ether oxygens (including phenoxy) is 3. The van der Waals surface area contributed by atoms with Crippen LogP contribution in [0.15, 0.2) is 64.8 Å². The van der Waals surface area contributed by atoms with Gasteiger partial charge in [0.25, 0.3) is 0 Å². The molecule has 0 bridgehead atoms. The first-order chi connectivity index (χ1) is 16.8. The Morgan fingerprint density at radius 1 is 1.09 bits per heavy atom. The van der Waals surface area contributed by atoms with Crippen molar-refractivity contribution < 1.29 is 23.8 Å². The summed E-state index contributed by atoms with van der Waals surface area (Å²) >= 11 is 0. The van der Waals surface area contributed by atoms with Gasteiger partial charge in [-0.1, -0.05) is 30.3 Å². The molecule has 2 aliphatic rings. The minimum absolute atomic E-state index is 0.0157. The third-order valence-corrected chi connectivity index (χ3v) is 6.63. The van der Waals surface area contributed by atoms with E-state index in [0.29, 0.717) is 29.9 Å². The van der Waals surface area contributed by atoms with Gasteiger partial charge in [0.1, 0.15) is 17.4 Å². The molecule has 2 aromatic carbocycles. The Hall–Kier alpha value is -3.41. The lowest BCUT2D eigenvalue weighted by atomic mass is 9.69. The van der Waals surface area contributed by atoms with Crippen LogP contribution in [0.2, 0.25) is 0 Å². The third kappa shape index (κ3) is 5.02. The summed E-state index contributed by atoms with van der Waals surface area (Å²) in [5, 5.41) is 0. The molecule has 0 radical (unpaired) electrons. The summed E-state index contributed by atoms with van der Waals surface area (Å²) in [5.74, 6) is -0.0508. The molecule has 35 heavy (non-hydrogen) atoms. The Morgan fingerprint density at radius 3 is 2.46 bits per heavy atom. The number of hydrogen-bond donors (Lipinski definition) is 0. The number of aliphatic imine (C=N–C) groups is 1. The molecule has 184 valence electrons. The first-order valence-electron chi connectivity index (χ1n) is 12.2. The monoisotopic (exact) mass is 475 g/mol. The molecule has 0 aromatic heterocycles. The lowest BCUT2D eigenvalue weighted by molar-refractivity contribution is -0.146. The fourth-order valence-electron chi connectivity index (χ4n) is 5.14. The average molecular weight is 476 g/mol. The number of rotatable bonds is 7. The minimum Gasteiger partial charge on any atom is -0.497 e. The van der Waals surface area contributed by atoms with E-state index >= 15 is 0 Å². The van der Waals surface area contributed by atoms with Crippen LogP contribution in [0, 0.1) is 5.92 Å². The second-order valence-electron chi connectivity index (χ2n) is 9.33. The van der Waals surface area contributed by atoms with E-state index in [0.717, 1.165) is 22.6 Å². The van der Waals surface area contributed by atoms with Crippen molar-refractivity contribution in [3.05, 3.63) is 70.9 Å². The number of esters is 1. The Morgan fingerprint density at radius 2 is 1.80 bits per heavy atom. The van der Waals surface area contributed by atoms with E-state index in [1.807, 2.05) is 69.3 Å². The third-order valence-electron chi connectivity index (χ3n) is 6.63. The van der Waals surface area contributed by atoms with E-state index in [4.69, 9.17) is 19.2 Å². The van der Waals surface area contributed by atoms with Crippen molar-refractivity contribution in [1.82, 2.24) is 0 Å². The number of Topliss-reactive ketones (excluding diaryl/α,β-unsaturated/α-hetero) is 1. The summed E-state index contributed by atoms with van der Waals surface area (Å²) in [5.41, 5.74) is 3.92. The number of hydrogen-bond acceptors (Lipinski definition) is 6. The highest BCUT2D eigenvalue weighted by Crippen LogP contribution is 2.48. The second-order valence-corrected chi connectivity index (χ2v) is 9.33. The number of ketones is 1. The molecule has 4 rings (SSSR count). The Bertz CT molecular complexity index is 1160. The predicted octanol–water partition coefficient (Wildman–Crippen LogP) is 5.62. The van der Waals surface area contributed by atoms with Crippen molar-refractivity contribution in [3.63, 3.8) is 0 Å². The Kier molecular flexibility index (Phi) is 7.39. The first kappa shape index (κ1) is 24.7. The van der Waals surface area contributed by atoms with Gasteiger partial charge >= 0.3 is 5.97 Å². The van der Waals surface area contributed by atoms with E-state index in [9.17, 15) is 9.59 Å². The van der Waals surface area contributed by atoms with Gasteiger partial charge in [-0.2, -0.15) is 0 Å². The van der Waals surface area contributed by atoms with Crippen LogP contribution in [-0.2, 0) is 14.3 Å². The first-order valence-corrected chi connectivity index (χ1v) is 12.2. The molecule has 6 nitrogen and oxygen atoms in total. The molecule has 0 saturated heterocycles. The summed E-state index contributed by atoms with van der Waals surface area (Å²) in [6.45, 7) is 7.82. The predicted molar refractivity (Wildman–Crippen MR) is 135 cm³/mol. The molecule has 0 spiro atoms. The van der Waals surface area contributed by atoms with Crippen LogP contribution in [0.1, 0.15) is 63.5 Å². The minimum atomic E-state index is -0.674. The van der Waals surface area contributed by atoms with Crippen LogP contribution in [0.25, 0.3) is 0 Å². The van der Waals surface area contributed by atoms with Gasteiger partial charge in [-0.25, -0.2) is 0 Å². The molecule has 3 unspecified atom stereocenters. The summed E-state index contributed by atoms with van der Waals surface area (Å²) in [6, 6.07) is 15.5. The topological polar surface area (TPSA) is 74.2 Å². The van der Waals surface area contributed by atoms with E-state index in [2.05, 4.69) is 0 Å². The lowest BCUT2D eigenvalue weighted by Gasteiger charge is -2.37. The number of allylic oxidation sites excluding steroid dienone is 2. The number of para-hydroxylation sites is 1. The molecule has 1 aliphatic heterocycles. The summed E-state index contributed by atoms with van der Waals surface area (Å²) in [4.78, 5) is 31.7. The summed E-state index contributed by atoms with van der Waals surface area (Å²) < 4.78 is 16.8. The summed E-state index contributed by atoms with van der Waals surface area (Å²) in [6.07, 6.45) is 0.939. The van der Waals surface area contributed by atoms with Crippen molar-refractivity contribution >= 4 is 17.5 Å². The van der Waals surface area contributed by atoms with E-state index < -0.39 is 11.8 Å². The normalized spacial score (nSPS) is 21.9. The quantitative estimate of drug-likeness (QED) is 0.486. The van der Waals surface area contributed by atoms with Gasteiger partial charge in [-0.15, -0.1) is 0 Å². The van der Waals surface area contributed by atoms with E-state index in [1.54, 1.807) is 14.0 Å². The fraction of sp³-hybridized carbons (Fsp3) is 0.414. The highest BCUT2D eigenvalue weighted by Gasteiger charge is 2.45. The maximum absolute atomic E-state index is 13.7. The second kappa shape index (κ2) is 10.5. The number of benzene rings is 2. The van der Waals surface area contributed by atoms with Crippen LogP contribution >= 0.6 is 0 Å². The lowest BCUT2D eigenvalue weighted by Crippen LogP contribution is -2.38. The van der Waals surface area contributed by atoms with Gasteiger partial charge in [0, 0.05) is 34.9 Å². The van der Waals surface area contributed by atoms with Crippen LogP contribution in [0.4, 0.5) is 0 Å². The number of carbonyl (C=O) groups excluding carboxylic acids is 2.